The van der Waals surface area contributed by atoms with E-state index >= 15 is 0 Å². The van der Waals surface area contributed by atoms with Gasteiger partial charge in [-0.15, -0.1) is 12.4 Å². The molecular weight excluding hydrogens is 882 g/mol. The maximum Gasteiger partial charge on any atom is 0.417 e. The number of anilines is 4. The smallest absolute Gasteiger partial charge is 0.417 e. The van der Waals surface area contributed by atoms with Crippen LogP contribution in [0.3, 0.4) is 0 Å². The number of piperazine rings is 1. The highest BCUT2D eigenvalue weighted by Gasteiger charge is 2.51. The minimum atomic E-state index is -4.88. The fourth-order valence-electron chi connectivity index (χ4n) is 7.59. The molecule has 1 unspecified atom stereocenters. The maximum absolute atomic E-state index is 13.9. The Hall–Kier alpha value is -5.13. The average Bonchev–Trinajstić information content (AvgIpc) is 3.35. The summed E-state index contributed by atoms with van der Waals surface area (Å²) in [6.07, 6.45) is -7.79. The normalized spacial score (nSPS) is 19.6. The second kappa shape index (κ2) is 19.5. The number of hydrogen-bond donors (Lipinski definition) is 3. The maximum atomic E-state index is 13.9. The molecule has 13 nitrogen and oxygen atoms in total. The molecule has 4 amide bonds. The van der Waals surface area contributed by atoms with Gasteiger partial charge in [0.15, 0.2) is 5.11 Å². The second-order valence-electron chi connectivity index (χ2n) is 15.4. The molecule has 0 saturated carbocycles. The molecule has 62 heavy (non-hydrogen) atoms. The van der Waals surface area contributed by atoms with Gasteiger partial charge in [-0.3, -0.25) is 39.2 Å². The van der Waals surface area contributed by atoms with Gasteiger partial charge in [-0.2, -0.15) is 18.4 Å². The lowest BCUT2D eigenvalue weighted by Gasteiger charge is -2.39. The van der Waals surface area contributed by atoms with E-state index in [9.17, 15) is 46.4 Å². The number of amides is 4. The van der Waals surface area contributed by atoms with Gasteiger partial charge in [0.05, 0.1) is 29.4 Å². The van der Waals surface area contributed by atoms with Gasteiger partial charge in [-0.1, -0.05) is 11.6 Å². The van der Waals surface area contributed by atoms with Gasteiger partial charge in [0.1, 0.15) is 23.9 Å². The van der Waals surface area contributed by atoms with Crippen molar-refractivity contribution in [1.82, 2.24) is 15.1 Å². The van der Waals surface area contributed by atoms with Crippen LogP contribution >= 0.6 is 36.2 Å². The van der Waals surface area contributed by atoms with Gasteiger partial charge in [0.25, 0.3) is 5.91 Å². The molecule has 0 bridgehead atoms. The summed E-state index contributed by atoms with van der Waals surface area (Å²) in [6.45, 7) is 7.44. The first-order valence-electron chi connectivity index (χ1n) is 19.3. The third-order valence-electron chi connectivity index (χ3n) is 10.7. The molecule has 3 aromatic carbocycles. The molecule has 3 heterocycles. The van der Waals surface area contributed by atoms with Crippen LogP contribution in [0.4, 0.5) is 44.7 Å². The number of halogens is 7. The van der Waals surface area contributed by atoms with Gasteiger partial charge in [0.2, 0.25) is 24.1 Å². The monoisotopic (exact) mass is 924 g/mol. The Bertz CT molecular complexity index is 2280. The zero-order chi connectivity index (χ0) is 44.4. The van der Waals surface area contributed by atoms with E-state index in [1.54, 1.807) is 24.3 Å². The van der Waals surface area contributed by atoms with Crippen molar-refractivity contribution >= 4 is 87.7 Å². The van der Waals surface area contributed by atoms with Crippen LogP contribution in [0.5, 0.6) is 5.75 Å². The summed E-state index contributed by atoms with van der Waals surface area (Å²) in [5.74, 6) is -1.50. The number of piperidine rings is 1. The van der Waals surface area contributed by atoms with E-state index in [0.29, 0.717) is 55.1 Å². The third kappa shape index (κ3) is 10.9. The fraction of sp³-hybridized carbons (Fsp3) is 0.415. The predicted molar refractivity (Wildman–Crippen MR) is 229 cm³/mol. The van der Waals surface area contributed by atoms with Crippen LogP contribution in [-0.2, 0) is 31.8 Å². The zero-order valence-corrected chi connectivity index (χ0v) is 36.0. The zero-order valence-electron chi connectivity index (χ0n) is 33.7. The summed E-state index contributed by atoms with van der Waals surface area (Å²) in [6, 6.07) is 13.0. The molecule has 3 aliphatic heterocycles. The predicted octanol–water partition coefficient (Wildman–Crippen LogP) is 6.62. The lowest BCUT2D eigenvalue weighted by Crippen LogP contribution is -2.54. The Labute approximate surface area is 370 Å². The van der Waals surface area contributed by atoms with Crippen molar-refractivity contribution in [3.63, 3.8) is 0 Å². The minimum Gasteiger partial charge on any atom is -0.492 e. The van der Waals surface area contributed by atoms with Crippen molar-refractivity contribution < 1.29 is 45.9 Å². The number of thiocarbonyl (C=S) groups is 1. The summed E-state index contributed by atoms with van der Waals surface area (Å²) < 4.78 is 75.1. The van der Waals surface area contributed by atoms with Crippen molar-refractivity contribution in [3.8, 4) is 11.8 Å². The number of alkyl halides is 5. The van der Waals surface area contributed by atoms with Gasteiger partial charge in [0, 0.05) is 72.7 Å². The van der Waals surface area contributed by atoms with Crippen LogP contribution < -0.4 is 30.5 Å². The number of benzene rings is 3. The molecule has 3 aromatic rings. The topological polar surface area (TPSA) is 150 Å². The first-order chi connectivity index (χ1) is 28.7. The van der Waals surface area contributed by atoms with Crippen molar-refractivity contribution in [3.05, 3.63) is 76.3 Å². The molecule has 3 N–H and O–H groups in total. The van der Waals surface area contributed by atoms with E-state index in [-0.39, 0.29) is 77.6 Å². The molecular formula is C41H43Cl2F5N8O5S. The first-order valence-corrected chi connectivity index (χ1v) is 20.0. The number of ether oxygens (including phenoxy) is 1. The van der Waals surface area contributed by atoms with E-state index in [1.165, 1.54) is 43.0 Å². The molecule has 0 aliphatic carbocycles. The van der Waals surface area contributed by atoms with E-state index in [1.807, 2.05) is 11.8 Å². The quantitative estimate of drug-likeness (QED) is 0.0966. The molecule has 6 rings (SSSR count). The minimum absolute atomic E-state index is 0. The van der Waals surface area contributed by atoms with Crippen LogP contribution in [-0.4, -0.2) is 102 Å². The Morgan fingerprint density at radius 1 is 1.06 bits per heavy atom. The third-order valence-corrected chi connectivity index (χ3v) is 11.2. The van der Waals surface area contributed by atoms with E-state index < -0.39 is 53.5 Å². The van der Waals surface area contributed by atoms with Crippen molar-refractivity contribution in [2.75, 3.05) is 59.8 Å². The summed E-state index contributed by atoms with van der Waals surface area (Å²) in [5, 5.41) is 17.6. The van der Waals surface area contributed by atoms with Crippen LogP contribution in [0, 0.1) is 11.3 Å². The number of rotatable bonds is 13. The van der Waals surface area contributed by atoms with Crippen LogP contribution in [0.2, 0.25) is 5.02 Å². The Kier molecular flexibility index (Phi) is 15.1. The van der Waals surface area contributed by atoms with Gasteiger partial charge < -0.3 is 20.3 Å². The Morgan fingerprint density at radius 2 is 1.77 bits per heavy atom. The Balaban J connectivity index is 0.00000726. The number of nitriles is 1. The van der Waals surface area contributed by atoms with E-state index in [4.69, 9.17) is 28.6 Å². The molecule has 2 atom stereocenters. The highest BCUT2D eigenvalue weighted by molar-refractivity contribution is 7.81. The first kappa shape index (κ1) is 47.9. The van der Waals surface area contributed by atoms with Gasteiger partial charge >= 0.3 is 6.18 Å². The number of nitrogens with one attached hydrogen (secondary N) is 3. The largest absolute Gasteiger partial charge is 0.492 e. The molecule has 3 fully saturated rings. The van der Waals surface area contributed by atoms with Crippen LogP contribution in [0.25, 0.3) is 0 Å². The summed E-state index contributed by atoms with van der Waals surface area (Å²) in [4.78, 5) is 56.9. The highest BCUT2D eigenvalue weighted by Crippen LogP contribution is 2.41. The molecule has 332 valence electrons. The van der Waals surface area contributed by atoms with Crippen molar-refractivity contribution in [1.29, 1.82) is 5.26 Å². The number of carbonyl (C=O) groups excluding carboxylic acids is 4. The summed E-state index contributed by atoms with van der Waals surface area (Å²) in [7, 11) is 0. The fourth-order valence-corrected chi connectivity index (χ4v) is 8.34. The molecule has 0 spiro atoms. The standard InChI is InChI=1S/C41H42ClF5N8O5S.ClH/c1-23-21-52(10-11-53(23)22-36(57)50-28-17-26(42)16-27(18-28)49-32-7-9-35(56)51-37(32)58)12-13-60-33-8-6-30(14-25(33)15-34(43)44)55-39(61)54(38(59)40(55,2)3)29-5-4-24(20-48)31(19-29)41(45,46)47;/h4-6,8,14,16-19,23,32,34,49H,7,9-13,15,21-22H2,1-3H3,(H,50,57)(H,51,56,58);1H/t23-,32?;/m1./s1. The summed E-state index contributed by atoms with van der Waals surface area (Å²) in [5.41, 5.74) is -2.14. The highest BCUT2D eigenvalue weighted by atomic mass is 35.5. The van der Waals surface area contributed by atoms with Crippen LogP contribution in [0.1, 0.15) is 50.3 Å². The lowest BCUT2D eigenvalue weighted by molar-refractivity contribution is -0.138. The number of carbonyl (C=O) groups is 4. The number of nitrogens with zero attached hydrogens (tertiary/aromatic N) is 5. The molecule has 0 aromatic heterocycles. The number of imide groups is 1. The molecule has 3 aliphatic rings. The number of hydrogen-bond acceptors (Lipinski definition) is 10. The van der Waals surface area contributed by atoms with Gasteiger partial charge in [-0.05, 0) is 94.0 Å². The molecule has 0 radical (unpaired) electrons. The molecule has 3 saturated heterocycles. The second-order valence-corrected chi connectivity index (χ2v) is 16.2. The van der Waals surface area contributed by atoms with Gasteiger partial charge in [-0.25, -0.2) is 8.78 Å². The van der Waals surface area contributed by atoms with E-state index in [2.05, 4.69) is 20.9 Å². The summed E-state index contributed by atoms with van der Waals surface area (Å²) >= 11 is 11.9. The average molecular weight is 926 g/mol. The molecule has 21 heteroatoms. The lowest BCUT2D eigenvalue weighted by atomic mass is 10.0. The van der Waals surface area contributed by atoms with Crippen LogP contribution in [0.15, 0.2) is 54.6 Å². The van der Waals surface area contributed by atoms with Crippen molar-refractivity contribution in [2.45, 2.75) is 70.3 Å². The Morgan fingerprint density at radius 3 is 2.44 bits per heavy atom. The van der Waals surface area contributed by atoms with Crippen molar-refractivity contribution in [2.24, 2.45) is 0 Å². The van der Waals surface area contributed by atoms with E-state index in [0.717, 1.165) is 11.0 Å². The SMILES string of the molecule is C[C@@H]1CN(CCOc2ccc(N3C(=S)N(c4ccc(C#N)c(C(F)(F)F)c4)C(=O)C3(C)C)cc2CC(F)F)CCN1CC(=O)Nc1cc(Cl)cc(NC2CCC(=O)NC2=O)c1.Cl.